The molecule has 0 bridgehead atoms. The van der Waals surface area contributed by atoms with Crippen molar-refractivity contribution in [2.45, 2.75) is 12.8 Å². The summed E-state index contributed by atoms with van der Waals surface area (Å²) in [6.45, 7) is 1.83. The van der Waals surface area contributed by atoms with Crippen molar-refractivity contribution in [1.82, 2.24) is 20.2 Å². The predicted molar refractivity (Wildman–Crippen MR) is 91.0 cm³/mol. The van der Waals surface area contributed by atoms with Gasteiger partial charge in [-0.25, -0.2) is 9.98 Å². The lowest BCUT2D eigenvalue weighted by Gasteiger charge is -2.31. The molecule has 7 heteroatoms. The quantitative estimate of drug-likeness (QED) is 0.721. The highest BCUT2D eigenvalue weighted by molar-refractivity contribution is 6.14. The van der Waals surface area contributed by atoms with Crippen LogP contribution in [0.1, 0.15) is 18.4 Å². The molecule has 2 aromatic rings. The third kappa shape index (κ3) is 2.67. The molecule has 0 unspecified atom stereocenters. The van der Waals surface area contributed by atoms with E-state index in [4.69, 9.17) is 0 Å². The van der Waals surface area contributed by atoms with Gasteiger partial charge in [0.15, 0.2) is 0 Å². The van der Waals surface area contributed by atoms with Crippen molar-refractivity contribution in [3.8, 4) is 0 Å². The second kappa shape index (κ2) is 6.09. The number of amides is 1. The van der Waals surface area contributed by atoms with Crippen LogP contribution in [0, 0.1) is 5.92 Å². The molecule has 4 rings (SSSR count). The zero-order chi connectivity index (χ0) is 16.5. The van der Waals surface area contributed by atoms with Crippen molar-refractivity contribution >= 4 is 29.0 Å². The van der Waals surface area contributed by atoms with E-state index in [1.807, 2.05) is 18.3 Å². The van der Waals surface area contributed by atoms with E-state index >= 15 is 0 Å². The number of aliphatic hydroxyl groups is 1. The van der Waals surface area contributed by atoms with Crippen LogP contribution in [-0.2, 0) is 4.79 Å². The number of guanidine groups is 1. The van der Waals surface area contributed by atoms with E-state index in [0.717, 1.165) is 42.5 Å². The number of nitrogens with zero attached hydrogens (tertiary/aromatic N) is 3. The maximum absolute atomic E-state index is 12.2. The Labute approximate surface area is 139 Å². The van der Waals surface area contributed by atoms with Gasteiger partial charge < -0.3 is 15.0 Å². The summed E-state index contributed by atoms with van der Waals surface area (Å²) in [6, 6.07) is 3.83. The van der Waals surface area contributed by atoms with Gasteiger partial charge in [0.2, 0.25) is 5.96 Å². The summed E-state index contributed by atoms with van der Waals surface area (Å²) in [7, 11) is 0. The number of aliphatic hydroxyl groups excluding tert-OH is 1. The Morgan fingerprint density at radius 3 is 3.00 bits per heavy atom. The minimum Gasteiger partial charge on any atom is -0.396 e. The Bertz CT molecular complexity index is 830. The lowest BCUT2D eigenvalue weighted by atomic mass is 9.98. The van der Waals surface area contributed by atoms with E-state index in [9.17, 15) is 9.90 Å². The molecule has 2 aliphatic rings. The summed E-state index contributed by atoms with van der Waals surface area (Å²) in [4.78, 5) is 26.1. The number of pyridine rings is 1. The van der Waals surface area contributed by atoms with E-state index in [1.54, 1.807) is 12.3 Å². The standard InChI is InChI=1S/C17H19N5O2/c23-10-11-3-6-22(7-4-11)17-20-14(16(24)21-17)8-12-9-19-15-13(12)2-1-5-18-15/h1-2,5,8-9,11,23H,3-4,6-7,10H2,(H,18,19)(H,20,21,24)/b14-8-. The second-order valence-corrected chi connectivity index (χ2v) is 6.18. The van der Waals surface area contributed by atoms with E-state index in [-0.39, 0.29) is 12.5 Å². The van der Waals surface area contributed by atoms with Gasteiger partial charge in [0, 0.05) is 43.0 Å². The minimum absolute atomic E-state index is 0.187. The van der Waals surface area contributed by atoms with Crippen LogP contribution in [0.3, 0.4) is 0 Å². The second-order valence-electron chi connectivity index (χ2n) is 6.18. The number of carbonyl (C=O) groups excluding carboxylic acids is 1. The molecule has 4 heterocycles. The van der Waals surface area contributed by atoms with Crippen LogP contribution >= 0.6 is 0 Å². The highest BCUT2D eigenvalue weighted by atomic mass is 16.3. The monoisotopic (exact) mass is 325 g/mol. The fourth-order valence-corrected chi connectivity index (χ4v) is 3.18. The van der Waals surface area contributed by atoms with Gasteiger partial charge in [-0.15, -0.1) is 0 Å². The molecule has 0 aromatic carbocycles. The van der Waals surface area contributed by atoms with Gasteiger partial charge in [0.05, 0.1) is 0 Å². The third-order valence-corrected chi connectivity index (χ3v) is 4.63. The van der Waals surface area contributed by atoms with Crippen LogP contribution in [0.4, 0.5) is 0 Å². The molecule has 0 saturated carbocycles. The lowest BCUT2D eigenvalue weighted by Crippen LogP contribution is -2.45. The number of hydrogen-bond donors (Lipinski definition) is 3. The van der Waals surface area contributed by atoms with Crippen LogP contribution in [-0.4, -0.2) is 51.5 Å². The van der Waals surface area contributed by atoms with Crippen LogP contribution in [0.5, 0.6) is 0 Å². The number of fused-ring (bicyclic) bond motifs is 1. The average molecular weight is 325 g/mol. The molecule has 3 N–H and O–H groups in total. The maximum atomic E-state index is 12.2. The van der Waals surface area contributed by atoms with Crippen molar-refractivity contribution in [2.75, 3.05) is 19.7 Å². The molecule has 1 fully saturated rings. The summed E-state index contributed by atoms with van der Waals surface area (Å²) in [5, 5.41) is 13.0. The number of aliphatic imine (C=N–C) groups is 1. The molecule has 0 radical (unpaired) electrons. The normalized spacial score (nSPS) is 20.7. The highest BCUT2D eigenvalue weighted by Gasteiger charge is 2.27. The summed E-state index contributed by atoms with van der Waals surface area (Å²) in [5.41, 5.74) is 2.09. The minimum atomic E-state index is -0.187. The zero-order valence-electron chi connectivity index (χ0n) is 13.2. The number of rotatable bonds is 2. The fraction of sp³-hybridized carbons (Fsp3) is 0.353. The van der Waals surface area contributed by atoms with Crippen molar-refractivity contribution in [3.63, 3.8) is 0 Å². The van der Waals surface area contributed by atoms with Gasteiger partial charge >= 0.3 is 0 Å². The van der Waals surface area contributed by atoms with E-state index in [1.165, 1.54) is 0 Å². The summed E-state index contributed by atoms with van der Waals surface area (Å²) >= 11 is 0. The van der Waals surface area contributed by atoms with Gasteiger partial charge in [0.1, 0.15) is 11.3 Å². The van der Waals surface area contributed by atoms with E-state index in [2.05, 4.69) is 25.2 Å². The molecule has 24 heavy (non-hydrogen) atoms. The first-order valence-electron chi connectivity index (χ1n) is 8.14. The van der Waals surface area contributed by atoms with Gasteiger partial charge in [-0.1, -0.05) is 0 Å². The van der Waals surface area contributed by atoms with Gasteiger partial charge in [-0.05, 0) is 37.0 Å². The molecule has 0 atom stereocenters. The van der Waals surface area contributed by atoms with Crippen LogP contribution in [0.25, 0.3) is 17.1 Å². The molecule has 1 saturated heterocycles. The Balaban J connectivity index is 1.57. The Morgan fingerprint density at radius 2 is 2.21 bits per heavy atom. The molecule has 7 nitrogen and oxygen atoms in total. The molecule has 124 valence electrons. The van der Waals surface area contributed by atoms with Gasteiger partial charge in [-0.2, -0.15) is 0 Å². The Morgan fingerprint density at radius 1 is 1.38 bits per heavy atom. The van der Waals surface area contributed by atoms with E-state index < -0.39 is 0 Å². The zero-order valence-corrected chi connectivity index (χ0v) is 13.2. The molecule has 2 aliphatic heterocycles. The molecule has 1 amide bonds. The fourth-order valence-electron chi connectivity index (χ4n) is 3.18. The predicted octanol–water partition coefficient (Wildman–Crippen LogP) is 1.09. The molecule has 0 spiro atoms. The van der Waals surface area contributed by atoms with E-state index in [0.29, 0.717) is 17.6 Å². The molecule has 2 aromatic heterocycles. The Kier molecular flexibility index (Phi) is 3.78. The van der Waals surface area contributed by atoms with Crippen LogP contribution < -0.4 is 5.32 Å². The number of likely N-dealkylation sites (tertiary alicyclic amines) is 1. The molecule has 0 aliphatic carbocycles. The average Bonchev–Trinajstić information content (AvgIpc) is 3.20. The third-order valence-electron chi connectivity index (χ3n) is 4.63. The van der Waals surface area contributed by atoms with Crippen molar-refractivity contribution in [3.05, 3.63) is 35.8 Å². The SMILES string of the molecule is O=C1NC(N2CCC(CO)CC2)=N/C1=C\c1c[nH]c2ncccc12. The van der Waals surface area contributed by atoms with Crippen LogP contribution in [0.15, 0.2) is 35.2 Å². The molecular weight excluding hydrogens is 306 g/mol. The van der Waals surface area contributed by atoms with Gasteiger partial charge in [-0.3, -0.25) is 10.1 Å². The number of H-pyrrole nitrogens is 1. The maximum Gasteiger partial charge on any atom is 0.276 e. The number of hydrogen-bond acceptors (Lipinski definition) is 5. The number of aromatic amines is 1. The van der Waals surface area contributed by atoms with Gasteiger partial charge in [0.25, 0.3) is 5.91 Å². The van der Waals surface area contributed by atoms with Crippen molar-refractivity contribution in [1.29, 1.82) is 0 Å². The Hall–Kier alpha value is -2.67. The number of carbonyl (C=O) groups is 1. The first-order chi connectivity index (χ1) is 11.7. The summed E-state index contributed by atoms with van der Waals surface area (Å²) < 4.78 is 0. The summed E-state index contributed by atoms with van der Waals surface area (Å²) in [5.74, 6) is 0.779. The van der Waals surface area contributed by atoms with Crippen LogP contribution in [0.2, 0.25) is 0 Å². The topological polar surface area (TPSA) is 93.6 Å². The molecular formula is C17H19N5O2. The van der Waals surface area contributed by atoms with Crippen molar-refractivity contribution < 1.29 is 9.90 Å². The summed E-state index contributed by atoms with van der Waals surface area (Å²) in [6.07, 6.45) is 7.17. The highest BCUT2D eigenvalue weighted by Crippen LogP contribution is 2.22. The smallest absolute Gasteiger partial charge is 0.276 e. The lowest BCUT2D eigenvalue weighted by molar-refractivity contribution is -0.115. The largest absolute Gasteiger partial charge is 0.396 e. The number of nitrogens with one attached hydrogen (secondary N) is 2. The first-order valence-corrected chi connectivity index (χ1v) is 8.14. The first kappa shape index (κ1) is 14.9. The van der Waals surface area contributed by atoms with Crippen molar-refractivity contribution in [2.24, 2.45) is 10.9 Å². The number of piperidine rings is 1. The number of aromatic nitrogens is 2.